The van der Waals surface area contributed by atoms with Crippen LogP contribution in [-0.4, -0.2) is 37.8 Å². The quantitative estimate of drug-likeness (QED) is 0.555. The molecule has 0 saturated carbocycles. The van der Waals surface area contributed by atoms with Gasteiger partial charge in [-0.2, -0.15) is 0 Å². The summed E-state index contributed by atoms with van der Waals surface area (Å²) < 4.78 is 5.42. The van der Waals surface area contributed by atoms with Gasteiger partial charge in [0.1, 0.15) is 13.7 Å². The molecule has 0 aromatic heterocycles. The van der Waals surface area contributed by atoms with Crippen LogP contribution < -0.4 is 0 Å². The van der Waals surface area contributed by atoms with E-state index in [0.717, 1.165) is 32.4 Å². The van der Waals surface area contributed by atoms with E-state index in [4.69, 9.17) is 4.74 Å². The second-order valence-corrected chi connectivity index (χ2v) is 12.8. The van der Waals surface area contributed by atoms with E-state index >= 15 is 0 Å². The molecule has 1 rings (SSSR count). The fourth-order valence-electron chi connectivity index (χ4n) is 2.26. The highest BCUT2D eigenvalue weighted by molar-refractivity contribution is 6.83. The molecule has 0 unspecified atom stereocenters. The molecule has 0 aliphatic carbocycles. The number of hydrogen-bond donors (Lipinski definition) is 0. The van der Waals surface area contributed by atoms with Gasteiger partial charge < -0.3 is 9.64 Å². The highest BCUT2D eigenvalue weighted by Gasteiger charge is 2.26. The number of rotatable bonds is 2. The van der Waals surface area contributed by atoms with Gasteiger partial charge in [-0.15, -0.1) is 5.54 Å². The van der Waals surface area contributed by atoms with Crippen molar-refractivity contribution >= 4 is 14.2 Å². The maximum absolute atomic E-state index is 12.0. The van der Waals surface area contributed by atoms with Crippen molar-refractivity contribution in [2.24, 2.45) is 5.92 Å². The van der Waals surface area contributed by atoms with E-state index in [-0.39, 0.29) is 6.09 Å². The minimum atomic E-state index is -1.26. The normalized spacial score (nSPS) is 17.3. The largest absolute Gasteiger partial charge is 0.444 e. The fourth-order valence-corrected chi connectivity index (χ4v) is 2.77. The Bertz CT molecular complexity index is 452. The number of allylic oxidation sites excluding steroid dienone is 2. The van der Waals surface area contributed by atoms with Gasteiger partial charge in [-0.3, -0.25) is 0 Å². The van der Waals surface area contributed by atoms with E-state index in [9.17, 15) is 4.79 Å². The predicted molar refractivity (Wildman–Crippen MR) is 95.4 cm³/mol. The Morgan fingerprint density at radius 2 is 1.86 bits per heavy atom. The van der Waals surface area contributed by atoms with Gasteiger partial charge in [-0.1, -0.05) is 31.6 Å². The van der Waals surface area contributed by atoms with E-state index in [1.165, 1.54) is 0 Å². The summed E-state index contributed by atoms with van der Waals surface area (Å²) in [4.78, 5) is 13.8. The van der Waals surface area contributed by atoms with Crippen LogP contribution in [0, 0.1) is 17.4 Å². The first-order chi connectivity index (χ1) is 10.1. The molecule has 1 heterocycles. The van der Waals surface area contributed by atoms with Crippen molar-refractivity contribution in [1.82, 2.24) is 4.90 Å². The molecule has 0 aromatic carbocycles. The lowest BCUT2D eigenvalue weighted by atomic mass is 9.93. The second kappa shape index (κ2) is 7.87. The Kier molecular flexibility index (Phi) is 6.74. The highest BCUT2D eigenvalue weighted by atomic mass is 28.3. The maximum atomic E-state index is 12.0. The average Bonchev–Trinajstić information content (AvgIpc) is 2.35. The summed E-state index contributed by atoms with van der Waals surface area (Å²) in [6.07, 6.45) is 7.15. The summed E-state index contributed by atoms with van der Waals surface area (Å²) in [7, 11) is -1.26. The lowest BCUT2D eigenvalue weighted by molar-refractivity contribution is 0.0185. The Labute approximate surface area is 137 Å². The summed E-state index contributed by atoms with van der Waals surface area (Å²) in [5.74, 6) is 3.82. The molecule has 0 aromatic rings. The maximum Gasteiger partial charge on any atom is 0.410 e. The molecule has 3 nitrogen and oxygen atoms in total. The number of likely N-dealkylation sites (tertiary alicyclic amines) is 1. The van der Waals surface area contributed by atoms with Crippen molar-refractivity contribution in [3.8, 4) is 11.5 Å². The molecule has 1 saturated heterocycles. The van der Waals surface area contributed by atoms with Gasteiger partial charge in [0.25, 0.3) is 0 Å². The van der Waals surface area contributed by atoms with Crippen LogP contribution in [0.25, 0.3) is 0 Å². The number of ether oxygens (including phenoxy) is 1. The third-order valence-corrected chi connectivity index (χ3v) is 4.28. The summed E-state index contributed by atoms with van der Waals surface area (Å²) in [6.45, 7) is 14.1. The van der Waals surface area contributed by atoms with Gasteiger partial charge in [-0.25, -0.2) is 4.79 Å². The van der Waals surface area contributed by atoms with Crippen LogP contribution in [0.5, 0.6) is 0 Å². The average molecular weight is 322 g/mol. The summed E-state index contributed by atoms with van der Waals surface area (Å²) in [5, 5.41) is 0. The van der Waals surface area contributed by atoms with Crippen LogP contribution in [0.3, 0.4) is 0 Å². The predicted octanol–water partition coefficient (Wildman–Crippen LogP) is 4.46. The SMILES string of the molecule is CC(C)(C)OC(=O)N1CCC(C/C=C/C#C[Si](C)(C)C)CC1. The fraction of sp³-hybridized carbons (Fsp3) is 0.722. The topological polar surface area (TPSA) is 29.5 Å². The molecule has 0 radical (unpaired) electrons. The third kappa shape index (κ3) is 8.28. The van der Waals surface area contributed by atoms with Crippen molar-refractivity contribution in [3.05, 3.63) is 12.2 Å². The minimum absolute atomic E-state index is 0.178. The van der Waals surface area contributed by atoms with E-state index in [0.29, 0.717) is 5.92 Å². The molecule has 0 spiro atoms. The van der Waals surface area contributed by atoms with Crippen LogP contribution in [0.2, 0.25) is 19.6 Å². The van der Waals surface area contributed by atoms with Crippen molar-refractivity contribution < 1.29 is 9.53 Å². The van der Waals surface area contributed by atoms with Crippen molar-refractivity contribution in [1.29, 1.82) is 0 Å². The summed E-state index contributed by atoms with van der Waals surface area (Å²) in [6, 6.07) is 0. The monoisotopic (exact) mass is 321 g/mol. The van der Waals surface area contributed by atoms with Gasteiger partial charge >= 0.3 is 6.09 Å². The van der Waals surface area contributed by atoms with Crippen LogP contribution >= 0.6 is 0 Å². The van der Waals surface area contributed by atoms with Gasteiger partial charge in [0.2, 0.25) is 0 Å². The van der Waals surface area contributed by atoms with Crippen LogP contribution in [0.15, 0.2) is 12.2 Å². The molecule has 1 fully saturated rings. The zero-order chi connectivity index (χ0) is 16.8. The first-order valence-corrected chi connectivity index (χ1v) is 11.7. The lowest BCUT2D eigenvalue weighted by Crippen LogP contribution is -2.41. The van der Waals surface area contributed by atoms with Gasteiger partial charge in [-0.05, 0) is 52.0 Å². The molecule has 0 N–H and O–H groups in total. The van der Waals surface area contributed by atoms with Gasteiger partial charge in [0, 0.05) is 13.1 Å². The van der Waals surface area contributed by atoms with E-state index in [1.807, 2.05) is 31.7 Å². The van der Waals surface area contributed by atoms with Crippen molar-refractivity contribution in [2.75, 3.05) is 13.1 Å². The molecule has 1 aliphatic rings. The molecular weight excluding hydrogens is 290 g/mol. The van der Waals surface area contributed by atoms with Crippen LogP contribution in [0.1, 0.15) is 40.0 Å². The van der Waals surface area contributed by atoms with Gasteiger partial charge in [0.05, 0.1) is 0 Å². The molecule has 0 bridgehead atoms. The molecule has 22 heavy (non-hydrogen) atoms. The first kappa shape index (κ1) is 18.8. The number of nitrogens with zero attached hydrogens (tertiary/aromatic N) is 1. The smallest absolute Gasteiger partial charge is 0.410 e. The van der Waals surface area contributed by atoms with E-state index in [2.05, 4.69) is 37.2 Å². The third-order valence-electron chi connectivity index (χ3n) is 3.38. The highest BCUT2D eigenvalue weighted by Crippen LogP contribution is 2.22. The number of hydrogen-bond acceptors (Lipinski definition) is 2. The number of carbonyl (C=O) groups is 1. The van der Waals surface area contributed by atoms with Crippen molar-refractivity contribution in [3.63, 3.8) is 0 Å². The summed E-state index contributed by atoms with van der Waals surface area (Å²) >= 11 is 0. The summed E-state index contributed by atoms with van der Waals surface area (Å²) in [5.41, 5.74) is 2.92. The standard InChI is InChI=1S/C18H31NO2Si/c1-18(2,3)21-17(20)19-13-11-16(12-14-19)10-8-7-9-15-22(4,5)6/h7-8,16H,10-14H2,1-6H3/b8-7+. The number of amides is 1. The molecule has 1 aliphatic heterocycles. The second-order valence-electron chi connectivity index (χ2n) is 8.07. The van der Waals surface area contributed by atoms with Crippen LogP contribution in [-0.2, 0) is 4.74 Å². The Balaban J connectivity index is 2.32. The van der Waals surface area contributed by atoms with E-state index < -0.39 is 13.7 Å². The molecule has 4 heteroatoms. The number of piperidine rings is 1. The minimum Gasteiger partial charge on any atom is -0.444 e. The molecule has 1 amide bonds. The zero-order valence-corrected chi connectivity index (χ0v) is 16.0. The Morgan fingerprint density at radius 1 is 1.27 bits per heavy atom. The molecule has 124 valence electrons. The van der Waals surface area contributed by atoms with Crippen molar-refractivity contribution in [2.45, 2.75) is 65.3 Å². The molecule has 0 atom stereocenters. The number of carbonyl (C=O) groups excluding carboxylic acids is 1. The van der Waals surface area contributed by atoms with E-state index in [1.54, 1.807) is 0 Å². The van der Waals surface area contributed by atoms with Gasteiger partial charge in [0.15, 0.2) is 0 Å². The Morgan fingerprint density at radius 3 is 2.36 bits per heavy atom. The van der Waals surface area contributed by atoms with Crippen LogP contribution in [0.4, 0.5) is 4.79 Å². The lowest BCUT2D eigenvalue weighted by Gasteiger charge is -2.33. The first-order valence-electron chi connectivity index (χ1n) is 8.22. The Hall–Kier alpha value is -1.21. The molecular formula is C18H31NO2Si. The zero-order valence-electron chi connectivity index (χ0n) is 15.0.